The summed E-state index contributed by atoms with van der Waals surface area (Å²) in [4.78, 5) is 20.1. The number of alkyl halides is 2. The number of amides is 1. The molecule has 2 unspecified atom stereocenters. The number of hydrogen-bond donors (Lipinski definition) is 3. The second-order valence-corrected chi connectivity index (χ2v) is 7.71. The third-order valence-electron chi connectivity index (χ3n) is 5.67. The maximum Gasteiger partial charge on any atom is 0.405 e. The number of nitrogens with one attached hydrogen (secondary N) is 1. The fourth-order valence-electron chi connectivity index (χ4n) is 3.90. The summed E-state index contributed by atoms with van der Waals surface area (Å²) >= 11 is 0. The first kappa shape index (κ1) is 18.1. The lowest BCUT2D eigenvalue weighted by Crippen LogP contribution is -2.31. The van der Waals surface area contributed by atoms with Crippen LogP contribution >= 0.6 is 0 Å². The van der Waals surface area contributed by atoms with Gasteiger partial charge in [0.1, 0.15) is 0 Å². The molecular weight excluding hydrogens is 356 g/mol. The van der Waals surface area contributed by atoms with E-state index in [9.17, 15) is 13.6 Å². The molecular formula is C18H23F2N5O2. The van der Waals surface area contributed by atoms with Crippen LogP contribution in [-0.4, -0.2) is 31.5 Å². The Morgan fingerprint density at radius 2 is 1.89 bits per heavy atom. The van der Waals surface area contributed by atoms with E-state index in [1.165, 1.54) is 0 Å². The van der Waals surface area contributed by atoms with Crippen molar-refractivity contribution in [2.45, 2.75) is 56.5 Å². The van der Waals surface area contributed by atoms with Crippen LogP contribution in [0.2, 0.25) is 0 Å². The Balaban J connectivity index is 1.54. The molecule has 9 heteroatoms. The highest BCUT2D eigenvalue weighted by atomic mass is 19.3. The molecule has 0 bridgehead atoms. The molecule has 2 heterocycles. The minimum absolute atomic E-state index is 0.0260. The number of imidazole rings is 1. The number of carboxylic acid groups (broad SMARTS) is 1. The average molecular weight is 379 g/mol. The quantitative estimate of drug-likeness (QED) is 0.739. The van der Waals surface area contributed by atoms with Crippen LogP contribution in [0.4, 0.5) is 13.6 Å². The summed E-state index contributed by atoms with van der Waals surface area (Å²) in [6.45, 7) is 0. The second-order valence-electron chi connectivity index (χ2n) is 7.71. The van der Waals surface area contributed by atoms with E-state index in [1.807, 2.05) is 0 Å². The van der Waals surface area contributed by atoms with Crippen molar-refractivity contribution in [1.29, 1.82) is 0 Å². The van der Waals surface area contributed by atoms with Crippen LogP contribution in [0.15, 0.2) is 18.5 Å². The first-order valence-corrected chi connectivity index (χ1v) is 9.31. The Bertz CT molecular complexity index is 841. The van der Waals surface area contributed by atoms with Crippen molar-refractivity contribution in [2.24, 2.45) is 17.6 Å². The highest BCUT2D eigenvalue weighted by molar-refractivity contribution is 5.65. The molecule has 1 amide bonds. The van der Waals surface area contributed by atoms with Gasteiger partial charge in [-0.3, -0.25) is 4.40 Å². The van der Waals surface area contributed by atoms with Gasteiger partial charge in [0.15, 0.2) is 0 Å². The van der Waals surface area contributed by atoms with Crippen molar-refractivity contribution in [3.8, 4) is 0 Å². The molecule has 2 saturated carbocycles. The first-order valence-electron chi connectivity index (χ1n) is 9.31. The lowest BCUT2D eigenvalue weighted by Gasteiger charge is -2.31. The highest BCUT2D eigenvalue weighted by Gasteiger charge is 2.38. The number of halogens is 2. The third kappa shape index (κ3) is 3.87. The number of carbonyl (C=O) groups is 1. The molecule has 7 nitrogen and oxygen atoms in total. The Morgan fingerprint density at radius 3 is 2.52 bits per heavy atom. The predicted octanol–water partition coefficient (Wildman–Crippen LogP) is 3.27. The zero-order valence-corrected chi connectivity index (χ0v) is 14.8. The predicted molar refractivity (Wildman–Crippen MR) is 93.4 cm³/mol. The van der Waals surface area contributed by atoms with Gasteiger partial charge in [0.05, 0.1) is 23.5 Å². The smallest absolute Gasteiger partial charge is 0.405 e. The van der Waals surface area contributed by atoms with Gasteiger partial charge in [-0.15, -0.1) is 0 Å². The molecule has 0 spiro atoms. The van der Waals surface area contributed by atoms with Crippen molar-refractivity contribution >= 4 is 11.9 Å². The topological polar surface area (TPSA) is 106 Å². The van der Waals surface area contributed by atoms with E-state index in [2.05, 4.69) is 15.3 Å². The minimum Gasteiger partial charge on any atom is -0.465 e. The summed E-state index contributed by atoms with van der Waals surface area (Å²) in [7, 11) is 0. The number of aromatic nitrogens is 3. The van der Waals surface area contributed by atoms with Gasteiger partial charge in [0.25, 0.3) is 0 Å². The standard InChI is InChI=1S/C18H23F2N5O2/c19-18(20)6-3-10(4-7-18)14(21)13-9-25-8-5-12(22-16(25)23-13)15(11-1-2-11)24-17(26)27/h5,8-11,14-15,24H,1-4,6-7,21H2,(H,26,27). The van der Waals surface area contributed by atoms with Gasteiger partial charge in [-0.25, -0.2) is 23.5 Å². The number of nitrogens with two attached hydrogens (primary N) is 1. The Hall–Kier alpha value is -2.29. The Kier molecular flexibility index (Phi) is 4.49. The molecule has 0 saturated heterocycles. The number of fused-ring (bicyclic) bond motifs is 1. The summed E-state index contributed by atoms with van der Waals surface area (Å²) in [5.74, 6) is -1.91. The summed E-state index contributed by atoms with van der Waals surface area (Å²) in [6.07, 6.45) is 4.92. The van der Waals surface area contributed by atoms with Crippen LogP contribution in [-0.2, 0) is 0 Å². The summed E-state index contributed by atoms with van der Waals surface area (Å²) in [6, 6.07) is 1.02. The van der Waals surface area contributed by atoms with Crippen LogP contribution in [0.25, 0.3) is 5.78 Å². The molecule has 2 aromatic rings. The van der Waals surface area contributed by atoms with Gasteiger partial charge in [0, 0.05) is 25.2 Å². The molecule has 2 aliphatic carbocycles. The van der Waals surface area contributed by atoms with E-state index >= 15 is 0 Å². The molecule has 2 aliphatic rings. The summed E-state index contributed by atoms with van der Waals surface area (Å²) in [5.41, 5.74) is 7.57. The lowest BCUT2D eigenvalue weighted by atomic mass is 9.81. The minimum atomic E-state index is -2.58. The second kappa shape index (κ2) is 6.70. The molecule has 27 heavy (non-hydrogen) atoms. The number of hydrogen-bond acceptors (Lipinski definition) is 4. The lowest BCUT2D eigenvalue weighted by molar-refractivity contribution is -0.0484. The van der Waals surface area contributed by atoms with Crippen molar-refractivity contribution in [3.63, 3.8) is 0 Å². The van der Waals surface area contributed by atoms with E-state index < -0.39 is 18.1 Å². The normalized spacial score (nSPS) is 22.5. The molecule has 146 valence electrons. The molecule has 0 aliphatic heterocycles. The van der Waals surface area contributed by atoms with E-state index in [1.54, 1.807) is 22.9 Å². The van der Waals surface area contributed by atoms with Crippen molar-refractivity contribution < 1.29 is 18.7 Å². The zero-order chi connectivity index (χ0) is 19.2. The van der Waals surface area contributed by atoms with E-state index in [0.29, 0.717) is 30.0 Å². The first-order chi connectivity index (χ1) is 12.8. The van der Waals surface area contributed by atoms with Crippen LogP contribution in [0.1, 0.15) is 62.0 Å². The monoisotopic (exact) mass is 379 g/mol. The average Bonchev–Trinajstić information content (AvgIpc) is 3.36. The SMILES string of the molecule is NC(c1cn2ccc(C(NC(=O)O)C3CC3)nc2n1)C1CCC(F)(F)CC1. The molecule has 2 fully saturated rings. The van der Waals surface area contributed by atoms with Crippen molar-refractivity contribution in [3.05, 3.63) is 29.8 Å². The molecule has 0 aromatic carbocycles. The largest absolute Gasteiger partial charge is 0.465 e. The molecule has 0 radical (unpaired) electrons. The summed E-state index contributed by atoms with van der Waals surface area (Å²) < 4.78 is 28.5. The van der Waals surface area contributed by atoms with Gasteiger partial charge < -0.3 is 16.2 Å². The zero-order valence-electron chi connectivity index (χ0n) is 14.8. The van der Waals surface area contributed by atoms with Crippen LogP contribution in [0.5, 0.6) is 0 Å². The number of nitrogens with zero attached hydrogens (tertiary/aromatic N) is 3. The van der Waals surface area contributed by atoms with E-state index in [0.717, 1.165) is 12.8 Å². The fraction of sp³-hybridized carbons (Fsp3) is 0.611. The van der Waals surface area contributed by atoms with Crippen LogP contribution in [0, 0.1) is 11.8 Å². The van der Waals surface area contributed by atoms with Crippen molar-refractivity contribution in [1.82, 2.24) is 19.7 Å². The van der Waals surface area contributed by atoms with Gasteiger partial charge in [0.2, 0.25) is 11.7 Å². The van der Waals surface area contributed by atoms with E-state index in [4.69, 9.17) is 10.8 Å². The van der Waals surface area contributed by atoms with Gasteiger partial charge in [-0.05, 0) is 43.6 Å². The molecule has 2 atom stereocenters. The fourth-order valence-corrected chi connectivity index (χ4v) is 3.90. The maximum absolute atomic E-state index is 13.4. The number of rotatable bonds is 5. The molecule has 4 N–H and O–H groups in total. The Labute approximate surface area is 155 Å². The highest BCUT2D eigenvalue weighted by Crippen LogP contribution is 2.41. The maximum atomic E-state index is 13.4. The van der Waals surface area contributed by atoms with E-state index in [-0.39, 0.29) is 30.7 Å². The third-order valence-corrected chi connectivity index (χ3v) is 5.67. The van der Waals surface area contributed by atoms with Crippen molar-refractivity contribution in [2.75, 3.05) is 0 Å². The van der Waals surface area contributed by atoms with Crippen LogP contribution < -0.4 is 11.1 Å². The Morgan fingerprint density at radius 1 is 1.22 bits per heavy atom. The van der Waals surface area contributed by atoms with Crippen LogP contribution in [0.3, 0.4) is 0 Å². The van der Waals surface area contributed by atoms with Gasteiger partial charge in [-0.2, -0.15) is 0 Å². The molecule has 2 aromatic heterocycles. The van der Waals surface area contributed by atoms with Gasteiger partial charge in [-0.1, -0.05) is 0 Å². The summed E-state index contributed by atoms with van der Waals surface area (Å²) in [5, 5.41) is 11.6. The molecule has 4 rings (SSSR count). The van der Waals surface area contributed by atoms with Gasteiger partial charge >= 0.3 is 6.09 Å².